The van der Waals surface area contributed by atoms with Gasteiger partial charge in [0, 0.05) is 43.1 Å². The van der Waals surface area contributed by atoms with Crippen LogP contribution in [0.2, 0.25) is 5.02 Å². The number of fused-ring (bicyclic) bond motifs is 1. The van der Waals surface area contributed by atoms with Gasteiger partial charge < -0.3 is 4.90 Å². The second-order valence-corrected chi connectivity index (χ2v) is 7.05. The van der Waals surface area contributed by atoms with Crippen LogP contribution in [0.15, 0.2) is 48.8 Å². The molecule has 1 aliphatic rings. The van der Waals surface area contributed by atoms with Crippen molar-refractivity contribution in [3.63, 3.8) is 0 Å². The van der Waals surface area contributed by atoms with E-state index in [1.54, 1.807) is 6.33 Å². The van der Waals surface area contributed by atoms with Crippen molar-refractivity contribution in [3.05, 3.63) is 64.9 Å². The Labute approximate surface area is 153 Å². The summed E-state index contributed by atoms with van der Waals surface area (Å²) in [7, 11) is 0. The average Bonchev–Trinajstić information content (AvgIpc) is 2.62. The molecule has 4 rings (SSSR count). The first-order chi connectivity index (χ1) is 12.2. The maximum Gasteiger partial charge on any atom is 0.139 e. The summed E-state index contributed by atoms with van der Waals surface area (Å²) in [4.78, 5) is 13.8. The number of hydrogen-bond donors (Lipinski definition) is 0. The lowest BCUT2D eigenvalue weighted by Crippen LogP contribution is -2.46. The third kappa shape index (κ3) is 3.60. The summed E-state index contributed by atoms with van der Waals surface area (Å²) in [5.74, 6) is 1.05. The fourth-order valence-electron chi connectivity index (χ4n) is 3.42. The molecule has 0 bridgehead atoms. The van der Waals surface area contributed by atoms with E-state index in [1.807, 2.05) is 12.1 Å². The zero-order chi connectivity index (χ0) is 17.2. The Bertz CT molecular complexity index is 888. The standard InChI is InChI=1S/C20H21ClN4/c1-15-5-6-19-18(11-15)20(23-14-22-19)25-9-7-24(8-10-25)13-16-3-2-4-17(21)12-16/h2-6,11-12,14H,7-10,13H2,1H3. The van der Waals surface area contributed by atoms with Crippen LogP contribution in [0.4, 0.5) is 5.82 Å². The fraction of sp³-hybridized carbons (Fsp3) is 0.300. The maximum absolute atomic E-state index is 6.09. The lowest BCUT2D eigenvalue weighted by atomic mass is 10.1. The summed E-state index contributed by atoms with van der Waals surface area (Å²) in [6, 6.07) is 14.5. The highest BCUT2D eigenvalue weighted by molar-refractivity contribution is 6.30. The van der Waals surface area contributed by atoms with Crippen LogP contribution in [0.5, 0.6) is 0 Å². The van der Waals surface area contributed by atoms with Crippen molar-refractivity contribution in [3.8, 4) is 0 Å². The SMILES string of the molecule is Cc1ccc2ncnc(N3CCN(Cc4cccc(Cl)c4)CC3)c2c1. The molecular weight excluding hydrogens is 332 g/mol. The number of aromatic nitrogens is 2. The predicted molar refractivity (Wildman–Crippen MR) is 103 cm³/mol. The quantitative estimate of drug-likeness (QED) is 0.715. The molecule has 2 heterocycles. The minimum absolute atomic E-state index is 0.805. The average molecular weight is 353 g/mol. The monoisotopic (exact) mass is 352 g/mol. The molecule has 3 aromatic rings. The molecule has 0 saturated carbocycles. The van der Waals surface area contributed by atoms with Gasteiger partial charge in [-0.2, -0.15) is 0 Å². The van der Waals surface area contributed by atoms with Crippen LogP contribution in [0.3, 0.4) is 0 Å². The molecule has 0 atom stereocenters. The highest BCUT2D eigenvalue weighted by Crippen LogP contribution is 2.25. The van der Waals surface area contributed by atoms with Crippen molar-refractivity contribution >= 4 is 28.3 Å². The van der Waals surface area contributed by atoms with Crippen molar-refractivity contribution in [2.45, 2.75) is 13.5 Å². The fourth-order valence-corrected chi connectivity index (χ4v) is 3.63. The molecule has 25 heavy (non-hydrogen) atoms. The van der Waals surface area contributed by atoms with E-state index < -0.39 is 0 Å². The Morgan fingerprint density at radius 3 is 2.64 bits per heavy atom. The van der Waals surface area contributed by atoms with Crippen molar-refractivity contribution in [1.29, 1.82) is 0 Å². The van der Waals surface area contributed by atoms with Gasteiger partial charge in [-0.15, -0.1) is 0 Å². The van der Waals surface area contributed by atoms with Crippen LogP contribution >= 0.6 is 11.6 Å². The molecular formula is C20H21ClN4. The first kappa shape index (κ1) is 16.3. The van der Waals surface area contributed by atoms with Gasteiger partial charge in [-0.25, -0.2) is 9.97 Å². The number of anilines is 1. The summed E-state index contributed by atoms with van der Waals surface area (Å²) in [5, 5.41) is 1.95. The maximum atomic E-state index is 6.09. The summed E-state index contributed by atoms with van der Waals surface area (Å²) in [5.41, 5.74) is 3.52. The van der Waals surface area contributed by atoms with Crippen LogP contribution in [-0.4, -0.2) is 41.0 Å². The van der Waals surface area contributed by atoms with E-state index in [-0.39, 0.29) is 0 Å². The first-order valence-corrected chi connectivity index (χ1v) is 9.00. The Kier molecular flexibility index (Phi) is 4.55. The zero-order valence-corrected chi connectivity index (χ0v) is 15.1. The highest BCUT2D eigenvalue weighted by Gasteiger charge is 2.20. The molecule has 5 heteroatoms. The molecule has 0 amide bonds. The molecule has 0 radical (unpaired) electrons. The lowest BCUT2D eigenvalue weighted by Gasteiger charge is -2.35. The first-order valence-electron chi connectivity index (χ1n) is 8.62. The number of nitrogens with zero attached hydrogens (tertiary/aromatic N) is 4. The Hall–Kier alpha value is -2.17. The largest absolute Gasteiger partial charge is 0.353 e. The smallest absolute Gasteiger partial charge is 0.139 e. The molecule has 128 valence electrons. The number of piperazine rings is 1. The zero-order valence-electron chi connectivity index (χ0n) is 14.3. The van der Waals surface area contributed by atoms with Crippen LogP contribution < -0.4 is 4.90 Å². The molecule has 4 nitrogen and oxygen atoms in total. The Morgan fingerprint density at radius 2 is 1.84 bits per heavy atom. The van der Waals surface area contributed by atoms with Crippen molar-refractivity contribution < 1.29 is 0 Å². The lowest BCUT2D eigenvalue weighted by molar-refractivity contribution is 0.249. The predicted octanol–water partition coefficient (Wildman–Crippen LogP) is 3.91. The van der Waals surface area contributed by atoms with E-state index in [1.165, 1.54) is 11.1 Å². The van der Waals surface area contributed by atoms with Gasteiger partial charge in [-0.1, -0.05) is 35.4 Å². The topological polar surface area (TPSA) is 32.3 Å². The Balaban J connectivity index is 1.48. The molecule has 1 saturated heterocycles. The van der Waals surface area contributed by atoms with Crippen LogP contribution in [-0.2, 0) is 6.54 Å². The second-order valence-electron chi connectivity index (χ2n) is 6.61. The van der Waals surface area contributed by atoms with Gasteiger partial charge in [0.2, 0.25) is 0 Å². The summed E-state index contributed by atoms with van der Waals surface area (Å²) >= 11 is 6.09. The van der Waals surface area contributed by atoms with E-state index in [4.69, 9.17) is 11.6 Å². The Morgan fingerprint density at radius 1 is 1.00 bits per heavy atom. The second kappa shape index (κ2) is 6.98. The van der Waals surface area contributed by atoms with Gasteiger partial charge in [0.25, 0.3) is 0 Å². The van der Waals surface area contributed by atoms with Gasteiger partial charge >= 0.3 is 0 Å². The van der Waals surface area contributed by atoms with Crippen LogP contribution in [0.25, 0.3) is 10.9 Å². The van der Waals surface area contributed by atoms with Gasteiger partial charge in [-0.05, 0) is 36.8 Å². The van der Waals surface area contributed by atoms with Gasteiger partial charge in [0.05, 0.1) is 5.52 Å². The molecule has 0 N–H and O–H groups in total. The molecule has 1 aromatic heterocycles. The molecule has 2 aromatic carbocycles. The molecule has 0 aliphatic carbocycles. The van der Waals surface area contributed by atoms with Crippen molar-refractivity contribution in [1.82, 2.24) is 14.9 Å². The normalized spacial score (nSPS) is 15.7. The number of rotatable bonds is 3. The van der Waals surface area contributed by atoms with E-state index >= 15 is 0 Å². The van der Waals surface area contributed by atoms with Crippen molar-refractivity contribution in [2.24, 2.45) is 0 Å². The van der Waals surface area contributed by atoms with Crippen molar-refractivity contribution in [2.75, 3.05) is 31.1 Å². The number of hydrogen-bond acceptors (Lipinski definition) is 4. The van der Waals surface area contributed by atoms with Crippen LogP contribution in [0.1, 0.15) is 11.1 Å². The third-order valence-electron chi connectivity index (χ3n) is 4.74. The van der Waals surface area contributed by atoms with E-state index in [2.05, 4.69) is 57.0 Å². The number of aryl methyl sites for hydroxylation is 1. The molecule has 1 aliphatic heterocycles. The molecule has 0 spiro atoms. The van der Waals surface area contributed by atoms with E-state index in [0.717, 1.165) is 54.5 Å². The van der Waals surface area contributed by atoms with Gasteiger partial charge in [0.1, 0.15) is 12.1 Å². The summed E-state index contributed by atoms with van der Waals surface area (Å²) < 4.78 is 0. The van der Waals surface area contributed by atoms with Gasteiger partial charge in [0.15, 0.2) is 0 Å². The number of benzene rings is 2. The third-order valence-corrected chi connectivity index (χ3v) is 4.97. The minimum Gasteiger partial charge on any atom is -0.353 e. The van der Waals surface area contributed by atoms with E-state index in [0.29, 0.717) is 0 Å². The molecule has 0 unspecified atom stereocenters. The summed E-state index contributed by atoms with van der Waals surface area (Å²) in [6.45, 7) is 7.03. The molecule has 1 fully saturated rings. The number of halogens is 1. The van der Waals surface area contributed by atoms with Gasteiger partial charge in [-0.3, -0.25) is 4.90 Å². The minimum atomic E-state index is 0.805. The summed E-state index contributed by atoms with van der Waals surface area (Å²) in [6.07, 6.45) is 1.67. The van der Waals surface area contributed by atoms with E-state index in [9.17, 15) is 0 Å². The highest BCUT2D eigenvalue weighted by atomic mass is 35.5. The van der Waals surface area contributed by atoms with Crippen LogP contribution in [0, 0.1) is 6.92 Å².